The smallest absolute Gasteiger partial charge is 0.0946 e. The van der Waals surface area contributed by atoms with E-state index in [4.69, 9.17) is 0 Å². The summed E-state index contributed by atoms with van der Waals surface area (Å²) in [5, 5.41) is 14.0. The van der Waals surface area contributed by atoms with E-state index >= 15 is 0 Å². The maximum absolute atomic E-state index is 10.7. The SMILES string of the molecule is Cc1cccc([C@@]2(O)CCNC[C@@H]2C)c1. The molecule has 2 nitrogen and oxygen atoms in total. The van der Waals surface area contributed by atoms with Crippen molar-refractivity contribution in [2.24, 2.45) is 5.92 Å². The van der Waals surface area contributed by atoms with Gasteiger partial charge in [-0.15, -0.1) is 0 Å². The lowest BCUT2D eigenvalue weighted by atomic mass is 9.77. The first-order chi connectivity index (χ1) is 7.13. The summed E-state index contributed by atoms with van der Waals surface area (Å²) in [6, 6.07) is 8.23. The molecule has 2 rings (SSSR count). The molecule has 82 valence electrons. The minimum atomic E-state index is -0.642. The quantitative estimate of drug-likeness (QED) is 0.733. The van der Waals surface area contributed by atoms with Gasteiger partial charge in [0.25, 0.3) is 0 Å². The lowest BCUT2D eigenvalue weighted by molar-refractivity contribution is -0.0392. The minimum absolute atomic E-state index is 0.271. The van der Waals surface area contributed by atoms with E-state index in [0.29, 0.717) is 0 Å². The lowest BCUT2D eigenvalue weighted by Crippen LogP contribution is -2.46. The Kier molecular flexibility index (Phi) is 2.81. The van der Waals surface area contributed by atoms with Gasteiger partial charge in [0, 0.05) is 12.5 Å². The van der Waals surface area contributed by atoms with Gasteiger partial charge in [0.05, 0.1) is 5.60 Å². The van der Waals surface area contributed by atoms with Crippen molar-refractivity contribution in [3.05, 3.63) is 35.4 Å². The van der Waals surface area contributed by atoms with Crippen molar-refractivity contribution in [2.45, 2.75) is 25.9 Å². The second-order valence-corrected chi connectivity index (χ2v) is 4.65. The van der Waals surface area contributed by atoms with Crippen LogP contribution in [0.5, 0.6) is 0 Å². The second kappa shape index (κ2) is 3.95. The van der Waals surface area contributed by atoms with E-state index in [2.05, 4.69) is 31.3 Å². The number of hydrogen-bond acceptors (Lipinski definition) is 2. The molecule has 0 aliphatic carbocycles. The fraction of sp³-hybridized carbons (Fsp3) is 0.538. The zero-order chi connectivity index (χ0) is 10.9. The molecule has 1 aliphatic rings. The fourth-order valence-electron chi connectivity index (χ4n) is 2.36. The highest BCUT2D eigenvalue weighted by molar-refractivity contribution is 5.28. The van der Waals surface area contributed by atoms with Crippen LogP contribution in [0.4, 0.5) is 0 Å². The van der Waals surface area contributed by atoms with Gasteiger partial charge in [-0.25, -0.2) is 0 Å². The van der Waals surface area contributed by atoms with Crippen LogP contribution in [0.2, 0.25) is 0 Å². The summed E-state index contributed by atoms with van der Waals surface area (Å²) in [4.78, 5) is 0. The number of nitrogens with one attached hydrogen (secondary N) is 1. The molecule has 0 saturated carbocycles. The highest BCUT2D eigenvalue weighted by atomic mass is 16.3. The van der Waals surface area contributed by atoms with Crippen molar-refractivity contribution in [3.8, 4) is 0 Å². The van der Waals surface area contributed by atoms with Crippen molar-refractivity contribution in [2.75, 3.05) is 13.1 Å². The second-order valence-electron chi connectivity index (χ2n) is 4.65. The molecule has 1 aliphatic heterocycles. The standard InChI is InChI=1S/C13H19NO/c1-10-4-3-5-12(8-10)13(15)6-7-14-9-11(13)2/h3-5,8,11,14-15H,6-7,9H2,1-2H3/t11-,13+/m0/s1. The first kappa shape index (κ1) is 10.7. The maximum Gasteiger partial charge on any atom is 0.0946 e. The summed E-state index contributed by atoms with van der Waals surface area (Å²) in [6.07, 6.45) is 0.803. The van der Waals surface area contributed by atoms with Crippen molar-refractivity contribution in [3.63, 3.8) is 0 Å². The van der Waals surface area contributed by atoms with Crippen LogP contribution in [-0.4, -0.2) is 18.2 Å². The van der Waals surface area contributed by atoms with E-state index in [1.807, 2.05) is 12.1 Å². The van der Waals surface area contributed by atoms with E-state index < -0.39 is 5.60 Å². The van der Waals surface area contributed by atoms with Gasteiger partial charge in [-0.2, -0.15) is 0 Å². The first-order valence-corrected chi connectivity index (χ1v) is 5.63. The van der Waals surface area contributed by atoms with Crippen LogP contribution in [-0.2, 0) is 5.60 Å². The van der Waals surface area contributed by atoms with Crippen LogP contribution in [0.3, 0.4) is 0 Å². The van der Waals surface area contributed by atoms with Gasteiger partial charge in [0.1, 0.15) is 0 Å². The molecule has 0 unspecified atom stereocenters. The van der Waals surface area contributed by atoms with Crippen LogP contribution >= 0.6 is 0 Å². The number of aryl methyl sites for hydroxylation is 1. The molecule has 1 aromatic rings. The van der Waals surface area contributed by atoms with Gasteiger partial charge < -0.3 is 10.4 Å². The van der Waals surface area contributed by atoms with Gasteiger partial charge >= 0.3 is 0 Å². The molecule has 2 N–H and O–H groups in total. The molecule has 1 heterocycles. The molecule has 0 bridgehead atoms. The summed E-state index contributed by atoms with van der Waals surface area (Å²) in [5.74, 6) is 0.271. The number of piperidine rings is 1. The molecule has 0 aromatic heterocycles. The van der Waals surface area contributed by atoms with Crippen LogP contribution in [0.25, 0.3) is 0 Å². The van der Waals surface area contributed by atoms with Crippen molar-refractivity contribution >= 4 is 0 Å². The van der Waals surface area contributed by atoms with Gasteiger partial charge in [-0.1, -0.05) is 36.8 Å². The summed E-state index contributed by atoms with van der Waals surface area (Å²) in [7, 11) is 0. The maximum atomic E-state index is 10.7. The Labute approximate surface area is 91.3 Å². The topological polar surface area (TPSA) is 32.3 Å². The highest BCUT2D eigenvalue weighted by Crippen LogP contribution is 2.34. The predicted octanol–water partition coefficient (Wildman–Crippen LogP) is 1.81. The van der Waals surface area contributed by atoms with Crippen LogP contribution in [0.15, 0.2) is 24.3 Å². The van der Waals surface area contributed by atoms with Crippen molar-refractivity contribution in [1.29, 1.82) is 0 Å². The summed E-state index contributed by atoms with van der Waals surface area (Å²) >= 11 is 0. The van der Waals surface area contributed by atoms with E-state index in [1.54, 1.807) is 0 Å². The molecule has 15 heavy (non-hydrogen) atoms. The molecule has 0 spiro atoms. The third-order valence-electron chi connectivity index (χ3n) is 3.47. The number of rotatable bonds is 1. The van der Waals surface area contributed by atoms with Crippen molar-refractivity contribution < 1.29 is 5.11 Å². The third kappa shape index (κ3) is 1.92. The van der Waals surface area contributed by atoms with Gasteiger partial charge in [0.2, 0.25) is 0 Å². The van der Waals surface area contributed by atoms with E-state index in [-0.39, 0.29) is 5.92 Å². The zero-order valence-electron chi connectivity index (χ0n) is 9.46. The van der Waals surface area contributed by atoms with Crippen LogP contribution < -0.4 is 5.32 Å². The van der Waals surface area contributed by atoms with E-state index in [1.165, 1.54) is 5.56 Å². The Morgan fingerprint density at radius 1 is 1.47 bits per heavy atom. The van der Waals surface area contributed by atoms with Crippen LogP contribution in [0, 0.1) is 12.8 Å². The predicted molar refractivity (Wildman–Crippen MR) is 61.7 cm³/mol. The molecule has 0 amide bonds. The van der Waals surface area contributed by atoms with Gasteiger partial charge in [-0.3, -0.25) is 0 Å². The molecular formula is C13H19NO. The normalized spacial score (nSPS) is 31.5. The minimum Gasteiger partial charge on any atom is -0.385 e. The Morgan fingerprint density at radius 2 is 2.27 bits per heavy atom. The number of aliphatic hydroxyl groups is 1. The lowest BCUT2D eigenvalue weighted by Gasteiger charge is -2.39. The molecule has 2 atom stereocenters. The molecular weight excluding hydrogens is 186 g/mol. The highest BCUT2D eigenvalue weighted by Gasteiger charge is 2.37. The number of hydrogen-bond donors (Lipinski definition) is 2. The van der Waals surface area contributed by atoms with E-state index in [9.17, 15) is 5.11 Å². The zero-order valence-corrected chi connectivity index (χ0v) is 9.46. The summed E-state index contributed by atoms with van der Waals surface area (Å²) in [5.41, 5.74) is 1.64. The first-order valence-electron chi connectivity index (χ1n) is 5.63. The van der Waals surface area contributed by atoms with Crippen molar-refractivity contribution in [1.82, 2.24) is 5.32 Å². The average molecular weight is 205 g/mol. The Bertz CT molecular complexity index is 350. The fourth-order valence-corrected chi connectivity index (χ4v) is 2.36. The Balaban J connectivity index is 2.34. The van der Waals surface area contributed by atoms with Gasteiger partial charge in [0.15, 0.2) is 0 Å². The molecule has 1 saturated heterocycles. The van der Waals surface area contributed by atoms with E-state index in [0.717, 1.165) is 25.1 Å². The average Bonchev–Trinajstić information content (AvgIpc) is 2.23. The third-order valence-corrected chi connectivity index (χ3v) is 3.47. The Hall–Kier alpha value is -0.860. The number of benzene rings is 1. The molecule has 1 aromatic carbocycles. The summed E-state index contributed by atoms with van der Waals surface area (Å²) < 4.78 is 0. The van der Waals surface area contributed by atoms with Gasteiger partial charge in [-0.05, 0) is 25.5 Å². The summed E-state index contributed by atoms with van der Waals surface area (Å²) in [6.45, 7) is 5.96. The molecule has 0 radical (unpaired) electrons. The van der Waals surface area contributed by atoms with Crippen LogP contribution in [0.1, 0.15) is 24.5 Å². The Morgan fingerprint density at radius 3 is 2.93 bits per heavy atom. The molecule has 2 heteroatoms. The largest absolute Gasteiger partial charge is 0.385 e. The molecule has 1 fully saturated rings. The monoisotopic (exact) mass is 205 g/mol.